The van der Waals surface area contributed by atoms with Crippen LogP contribution < -0.4 is 4.74 Å². The lowest BCUT2D eigenvalue weighted by atomic mass is 10.00. The van der Waals surface area contributed by atoms with Crippen LogP contribution in [0.1, 0.15) is 17.2 Å². The van der Waals surface area contributed by atoms with Gasteiger partial charge in [0.25, 0.3) is 0 Å². The van der Waals surface area contributed by atoms with Crippen molar-refractivity contribution in [2.75, 3.05) is 7.11 Å². The first-order valence-corrected chi connectivity index (χ1v) is 8.34. The molecule has 0 aliphatic rings. The largest absolute Gasteiger partial charge is 0.496 e. The van der Waals surface area contributed by atoms with Gasteiger partial charge in [-0.15, -0.1) is 11.3 Å². The van der Waals surface area contributed by atoms with Crippen LogP contribution in [0, 0.1) is 0 Å². The molecule has 0 saturated carbocycles. The zero-order valence-electron chi connectivity index (χ0n) is 11.1. The molecule has 0 radical (unpaired) electrons. The maximum Gasteiger partial charge on any atom is 0.126 e. The van der Waals surface area contributed by atoms with Crippen LogP contribution in [0.4, 0.5) is 0 Å². The first-order chi connectivity index (χ1) is 10.1. The molecule has 2 aromatic carbocycles. The molecule has 108 valence electrons. The predicted octanol–water partition coefficient (Wildman–Crippen LogP) is 5.41. The summed E-state index contributed by atoms with van der Waals surface area (Å²) in [6.45, 7) is 0. The van der Waals surface area contributed by atoms with E-state index in [1.807, 2.05) is 23.6 Å². The maximum absolute atomic E-state index is 10.7. The minimum Gasteiger partial charge on any atom is -0.496 e. The molecule has 1 aromatic heterocycles. The van der Waals surface area contributed by atoms with Crippen molar-refractivity contribution in [2.45, 2.75) is 6.10 Å². The van der Waals surface area contributed by atoms with Crippen molar-refractivity contribution in [3.63, 3.8) is 0 Å². The van der Waals surface area contributed by atoms with Gasteiger partial charge in [-0.2, -0.15) is 0 Å². The molecule has 3 aromatic rings. The Kier molecular flexibility index (Phi) is 4.22. The van der Waals surface area contributed by atoms with Crippen LogP contribution in [0.2, 0.25) is 5.02 Å². The summed E-state index contributed by atoms with van der Waals surface area (Å²) in [6.07, 6.45) is -0.750. The van der Waals surface area contributed by atoms with E-state index in [0.29, 0.717) is 16.3 Å². The predicted molar refractivity (Wildman–Crippen MR) is 91.6 cm³/mol. The minimum absolute atomic E-state index is 0.584. The molecule has 1 atom stereocenters. The van der Waals surface area contributed by atoms with Crippen LogP contribution >= 0.6 is 38.9 Å². The summed E-state index contributed by atoms with van der Waals surface area (Å²) in [7, 11) is 1.57. The summed E-state index contributed by atoms with van der Waals surface area (Å²) >= 11 is 11.1. The molecule has 1 unspecified atom stereocenters. The van der Waals surface area contributed by atoms with Crippen LogP contribution in [0.3, 0.4) is 0 Å². The van der Waals surface area contributed by atoms with E-state index >= 15 is 0 Å². The summed E-state index contributed by atoms with van der Waals surface area (Å²) in [6, 6.07) is 11.2. The van der Waals surface area contributed by atoms with Gasteiger partial charge in [0.05, 0.1) is 7.11 Å². The van der Waals surface area contributed by atoms with Crippen LogP contribution in [0.25, 0.3) is 10.1 Å². The highest BCUT2D eigenvalue weighted by Gasteiger charge is 2.19. The highest BCUT2D eigenvalue weighted by atomic mass is 79.9. The van der Waals surface area contributed by atoms with E-state index in [4.69, 9.17) is 16.3 Å². The number of rotatable bonds is 3. The molecule has 1 N–H and O–H groups in total. The Morgan fingerprint density at radius 2 is 2.05 bits per heavy atom. The van der Waals surface area contributed by atoms with E-state index in [0.717, 1.165) is 20.1 Å². The molecule has 3 rings (SSSR count). The van der Waals surface area contributed by atoms with Gasteiger partial charge in [-0.3, -0.25) is 0 Å². The molecule has 5 heteroatoms. The van der Waals surface area contributed by atoms with Gasteiger partial charge in [-0.05, 0) is 44.9 Å². The molecule has 21 heavy (non-hydrogen) atoms. The van der Waals surface area contributed by atoms with Crippen molar-refractivity contribution in [1.82, 2.24) is 0 Å². The number of ether oxygens (including phenoxy) is 1. The van der Waals surface area contributed by atoms with Gasteiger partial charge in [0.15, 0.2) is 0 Å². The van der Waals surface area contributed by atoms with Crippen LogP contribution in [-0.4, -0.2) is 12.2 Å². The van der Waals surface area contributed by atoms with Crippen molar-refractivity contribution in [2.24, 2.45) is 0 Å². The summed E-state index contributed by atoms with van der Waals surface area (Å²) in [4.78, 5) is 0. The Balaban J connectivity index is 2.13. The van der Waals surface area contributed by atoms with E-state index in [1.54, 1.807) is 36.6 Å². The first kappa shape index (κ1) is 14.9. The van der Waals surface area contributed by atoms with E-state index in [-0.39, 0.29) is 0 Å². The highest BCUT2D eigenvalue weighted by molar-refractivity contribution is 9.10. The second-order valence-corrected chi connectivity index (χ2v) is 6.77. The highest BCUT2D eigenvalue weighted by Crippen LogP contribution is 2.39. The Bertz CT molecular complexity index is 800. The number of fused-ring (bicyclic) bond motifs is 1. The lowest BCUT2D eigenvalue weighted by molar-refractivity contribution is 0.216. The summed E-state index contributed by atoms with van der Waals surface area (Å²) in [5.41, 5.74) is 1.58. The van der Waals surface area contributed by atoms with Gasteiger partial charge >= 0.3 is 0 Å². The van der Waals surface area contributed by atoms with Gasteiger partial charge in [0.1, 0.15) is 11.9 Å². The fourth-order valence-corrected chi connectivity index (χ4v) is 4.13. The molecule has 0 aliphatic heterocycles. The number of halogens is 2. The zero-order chi connectivity index (χ0) is 15.0. The molecule has 0 spiro atoms. The molecule has 0 fully saturated rings. The number of thiophene rings is 1. The monoisotopic (exact) mass is 382 g/mol. The van der Waals surface area contributed by atoms with Gasteiger partial charge < -0.3 is 9.84 Å². The van der Waals surface area contributed by atoms with Crippen LogP contribution in [0.5, 0.6) is 5.75 Å². The molecular weight excluding hydrogens is 372 g/mol. The molecule has 1 heterocycles. The quantitative estimate of drug-likeness (QED) is 0.655. The number of methoxy groups -OCH3 is 1. The average Bonchev–Trinajstić information content (AvgIpc) is 2.92. The Morgan fingerprint density at radius 1 is 1.24 bits per heavy atom. The van der Waals surface area contributed by atoms with Crippen molar-refractivity contribution in [3.8, 4) is 5.75 Å². The van der Waals surface area contributed by atoms with E-state index < -0.39 is 6.10 Å². The van der Waals surface area contributed by atoms with Gasteiger partial charge in [0, 0.05) is 25.3 Å². The summed E-state index contributed by atoms with van der Waals surface area (Å²) in [5.74, 6) is 0.587. The molecule has 0 saturated heterocycles. The molecule has 0 aliphatic carbocycles. The lowest BCUT2D eigenvalue weighted by Crippen LogP contribution is -2.01. The standard InChI is InChI=1S/C16H12BrClO2S/c1-20-14-7-9(18)5-6-11(14)15(19)12-8-21-16-10(12)3-2-4-13(16)17/h2-8,15,19H,1H3. The third-order valence-corrected chi connectivity index (χ3v) is 5.57. The number of benzene rings is 2. The smallest absolute Gasteiger partial charge is 0.126 e. The molecule has 0 amide bonds. The SMILES string of the molecule is COc1cc(Cl)ccc1C(O)c1csc2c(Br)cccc12. The van der Waals surface area contributed by atoms with E-state index in [9.17, 15) is 5.11 Å². The van der Waals surface area contributed by atoms with Crippen LogP contribution in [-0.2, 0) is 0 Å². The number of hydrogen-bond donors (Lipinski definition) is 1. The summed E-state index contributed by atoms with van der Waals surface area (Å²) in [5, 5.41) is 14.3. The van der Waals surface area contributed by atoms with Crippen molar-refractivity contribution in [1.29, 1.82) is 0 Å². The van der Waals surface area contributed by atoms with Crippen molar-refractivity contribution >= 4 is 49.0 Å². The first-order valence-electron chi connectivity index (χ1n) is 6.29. The average molecular weight is 384 g/mol. The van der Waals surface area contributed by atoms with E-state index in [1.165, 1.54) is 0 Å². The van der Waals surface area contributed by atoms with Gasteiger partial charge in [0.2, 0.25) is 0 Å². The zero-order valence-corrected chi connectivity index (χ0v) is 14.3. The number of hydrogen-bond acceptors (Lipinski definition) is 3. The second kappa shape index (κ2) is 5.97. The van der Waals surface area contributed by atoms with Crippen molar-refractivity contribution in [3.05, 3.63) is 62.4 Å². The maximum atomic E-state index is 10.7. The Labute approximate surface area is 140 Å². The summed E-state index contributed by atoms with van der Waals surface area (Å²) < 4.78 is 7.49. The van der Waals surface area contributed by atoms with Gasteiger partial charge in [-0.25, -0.2) is 0 Å². The Morgan fingerprint density at radius 3 is 2.81 bits per heavy atom. The van der Waals surface area contributed by atoms with Crippen molar-refractivity contribution < 1.29 is 9.84 Å². The molecular formula is C16H12BrClO2S. The lowest BCUT2D eigenvalue weighted by Gasteiger charge is -2.15. The third-order valence-electron chi connectivity index (χ3n) is 3.37. The van der Waals surface area contributed by atoms with Gasteiger partial charge in [-0.1, -0.05) is 29.8 Å². The fraction of sp³-hybridized carbons (Fsp3) is 0.125. The third kappa shape index (κ3) is 2.69. The Hall–Kier alpha value is -1.07. The topological polar surface area (TPSA) is 29.5 Å². The number of aliphatic hydroxyl groups is 1. The van der Waals surface area contributed by atoms with E-state index in [2.05, 4.69) is 15.9 Å². The molecule has 0 bridgehead atoms. The molecule has 2 nitrogen and oxygen atoms in total. The van der Waals surface area contributed by atoms with Crippen LogP contribution in [0.15, 0.2) is 46.3 Å². The second-order valence-electron chi connectivity index (χ2n) is 4.60. The fourth-order valence-electron chi connectivity index (χ4n) is 2.33. The minimum atomic E-state index is -0.750. The number of aliphatic hydroxyl groups excluding tert-OH is 1. The normalized spacial score (nSPS) is 12.6.